The minimum atomic E-state index is -0.871. The Morgan fingerprint density at radius 3 is 2.47 bits per heavy atom. The zero-order valence-corrected chi connectivity index (χ0v) is 11.3. The molecule has 5 nitrogen and oxygen atoms in total. The van der Waals surface area contributed by atoms with E-state index in [9.17, 15) is 4.79 Å². The standard InChI is InChI=1S/C14H17N3O2/c1-9-12(8-13(18)19)16-14(15-9)10-4-6-11(7-5-10)17(2)3/h4-7H,8H2,1-3H3,(H,15,16)(H,18,19). The number of aromatic nitrogens is 2. The lowest BCUT2D eigenvalue weighted by molar-refractivity contribution is -0.136. The molecule has 0 bridgehead atoms. The topological polar surface area (TPSA) is 69.2 Å². The van der Waals surface area contributed by atoms with Gasteiger partial charge in [0.2, 0.25) is 0 Å². The number of carboxylic acid groups (broad SMARTS) is 1. The van der Waals surface area contributed by atoms with Crippen LogP contribution in [0.25, 0.3) is 11.4 Å². The number of aliphatic carboxylic acids is 1. The predicted molar refractivity (Wildman–Crippen MR) is 74.4 cm³/mol. The van der Waals surface area contributed by atoms with E-state index in [-0.39, 0.29) is 6.42 Å². The predicted octanol–water partition coefficient (Wildman–Crippen LogP) is 2.08. The summed E-state index contributed by atoms with van der Waals surface area (Å²) in [6.45, 7) is 1.84. The number of imidazole rings is 1. The van der Waals surface area contributed by atoms with E-state index in [2.05, 4.69) is 9.97 Å². The molecule has 100 valence electrons. The second-order valence-electron chi connectivity index (χ2n) is 4.67. The van der Waals surface area contributed by atoms with Gasteiger partial charge < -0.3 is 15.0 Å². The van der Waals surface area contributed by atoms with Crippen LogP contribution in [0.4, 0.5) is 5.69 Å². The Hall–Kier alpha value is -2.30. The van der Waals surface area contributed by atoms with Gasteiger partial charge in [0.15, 0.2) is 0 Å². The second-order valence-corrected chi connectivity index (χ2v) is 4.67. The van der Waals surface area contributed by atoms with Gasteiger partial charge in [0.1, 0.15) is 5.82 Å². The second kappa shape index (κ2) is 5.14. The van der Waals surface area contributed by atoms with Crippen LogP contribution in [0.15, 0.2) is 24.3 Å². The van der Waals surface area contributed by atoms with E-state index in [1.165, 1.54) is 0 Å². The monoisotopic (exact) mass is 259 g/mol. The fourth-order valence-electron chi connectivity index (χ4n) is 1.87. The summed E-state index contributed by atoms with van der Waals surface area (Å²) in [7, 11) is 3.97. The number of rotatable bonds is 4. The molecule has 1 aromatic carbocycles. The number of H-pyrrole nitrogens is 1. The number of hydrogen-bond donors (Lipinski definition) is 2. The van der Waals surface area contributed by atoms with Crippen LogP contribution in [0.1, 0.15) is 11.4 Å². The average Bonchev–Trinajstić information content (AvgIpc) is 2.70. The Morgan fingerprint density at radius 1 is 1.32 bits per heavy atom. The van der Waals surface area contributed by atoms with Gasteiger partial charge in [-0.1, -0.05) is 0 Å². The van der Waals surface area contributed by atoms with E-state index in [4.69, 9.17) is 5.11 Å². The number of carboxylic acids is 1. The first-order valence-corrected chi connectivity index (χ1v) is 6.02. The van der Waals surface area contributed by atoms with Crippen molar-refractivity contribution in [2.45, 2.75) is 13.3 Å². The molecule has 0 spiro atoms. The number of aryl methyl sites for hydroxylation is 1. The SMILES string of the molecule is Cc1[nH]c(-c2ccc(N(C)C)cc2)nc1CC(=O)O. The molecule has 5 heteroatoms. The molecule has 0 saturated carbocycles. The fourth-order valence-corrected chi connectivity index (χ4v) is 1.87. The molecule has 0 fully saturated rings. The number of nitrogens with zero attached hydrogens (tertiary/aromatic N) is 2. The average molecular weight is 259 g/mol. The molecule has 2 rings (SSSR count). The molecule has 1 aromatic heterocycles. The van der Waals surface area contributed by atoms with E-state index >= 15 is 0 Å². The summed E-state index contributed by atoms with van der Waals surface area (Å²) >= 11 is 0. The zero-order chi connectivity index (χ0) is 14.0. The maximum atomic E-state index is 10.7. The van der Waals surface area contributed by atoms with Crippen LogP contribution in [0.5, 0.6) is 0 Å². The number of benzene rings is 1. The first-order chi connectivity index (χ1) is 8.97. The van der Waals surface area contributed by atoms with Crippen LogP contribution in [-0.2, 0) is 11.2 Å². The molecule has 1 heterocycles. The summed E-state index contributed by atoms with van der Waals surface area (Å²) in [5, 5.41) is 8.81. The maximum absolute atomic E-state index is 10.7. The van der Waals surface area contributed by atoms with Crippen molar-refractivity contribution < 1.29 is 9.90 Å². The third-order valence-corrected chi connectivity index (χ3v) is 2.96. The van der Waals surface area contributed by atoms with Crippen molar-refractivity contribution in [1.29, 1.82) is 0 Å². The molecular formula is C14H17N3O2. The summed E-state index contributed by atoms with van der Waals surface area (Å²) < 4.78 is 0. The van der Waals surface area contributed by atoms with Crippen molar-refractivity contribution in [3.63, 3.8) is 0 Å². The molecule has 2 N–H and O–H groups in total. The Morgan fingerprint density at radius 2 is 1.95 bits per heavy atom. The molecule has 0 aliphatic rings. The number of hydrogen-bond acceptors (Lipinski definition) is 3. The first-order valence-electron chi connectivity index (χ1n) is 6.02. The quantitative estimate of drug-likeness (QED) is 0.882. The zero-order valence-electron chi connectivity index (χ0n) is 11.3. The number of aromatic amines is 1. The van der Waals surface area contributed by atoms with E-state index in [1.54, 1.807) is 0 Å². The molecule has 0 aliphatic heterocycles. The molecule has 2 aromatic rings. The number of carbonyl (C=O) groups is 1. The van der Waals surface area contributed by atoms with E-state index in [0.29, 0.717) is 11.5 Å². The number of anilines is 1. The highest BCUT2D eigenvalue weighted by atomic mass is 16.4. The van der Waals surface area contributed by atoms with Crippen molar-refractivity contribution in [3.05, 3.63) is 35.7 Å². The minimum Gasteiger partial charge on any atom is -0.481 e. The van der Waals surface area contributed by atoms with Crippen LogP contribution in [0.2, 0.25) is 0 Å². The van der Waals surface area contributed by atoms with Gasteiger partial charge in [-0.05, 0) is 31.2 Å². The molecule has 0 saturated heterocycles. The van der Waals surface area contributed by atoms with E-state index in [1.807, 2.05) is 50.2 Å². The fraction of sp³-hybridized carbons (Fsp3) is 0.286. The molecule has 0 aliphatic carbocycles. The molecular weight excluding hydrogens is 242 g/mol. The van der Waals surface area contributed by atoms with Crippen LogP contribution in [-0.4, -0.2) is 35.1 Å². The summed E-state index contributed by atoms with van der Waals surface area (Å²) in [5.41, 5.74) is 3.44. The first kappa shape index (κ1) is 13.1. The van der Waals surface area contributed by atoms with Gasteiger partial charge >= 0.3 is 5.97 Å². The van der Waals surface area contributed by atoms with Gasteiger partial charge in [-0.15, -0.1) is 0 Å². The Labute approximate surface area is 111 Å². The van der Waals surface area contributed by atoms with Crippen LogP contribution in [0, 0.1) is 6.92 Å². The van der Waals surface area contributed by atoms with Crippen molar-refractivity contribution in [2.24, 2.45) is 0 Å². The van der Waals surface area contributed by atoms with Gasteiger partial charge in [0.05, 0.1) is 12.1 Å². The van der Waals surface area contributed by atoms with E-state index < -0.39 is 5.97 Å². The third kappa shape index (κ3) is 2.93. The summed E-state index contributed by atoms with van der Waals surface area (Å²) in [5.74, 6) is -0.164. The molecule has 19 heavy (non-hydrogen) atoms. The van der Waals surface area contributed by atoms with Gasteiger partial charge in [-0.3, -0.25) is 4.79 Å². The minimum absolute atomic E-state index is 0.0574. The summed E-state index contributed by atoms with van der Waals surface area (Å²) in [4.78, 5) is 20.2. The van der Waals surface area contributed by atoms with E-state index in [0.717, 1.165) is 16.9 Å². The maximum Gasteiger partial charge on any atom is 0.309 e. The van der Waals surface area contributed by atoms with Crippen LogP contribution in [0.3, 0.4) is 0 Å². The van der Waals surface area contributed by atoms with Crippen LogP contribution < -0.4 is 4.90 Å². The summed E-state index contributed by atoms with van der Waals surface area (Å²) in [6, 6.07) is 7.95. The van der Waals surface area contributed by atoms with Crippen molar-refractivity contribution >= 4 is 11.7 Å². The molecule has 0 amide bonds. The van der Waals surface area contributed by atoms with Gasteiger partial charge in [-0.2, -0.15) is 0 Å². The molecule has 0 radical (unpaired) electrons. The highest BCUT2D eigenvalue weighted by Gasteiger charge is 2.11. The smallest absolute Gasteiger partial charge is 0.309 e. The molecule has 0 unspecified atom stereocenters. The highest BCUT2D eigenvalue weighted by Crippen LogP contribution is 2.21. The van der Waals surface area contributed by atoms with Crippen molar-refractivity contribution in [3.8, 4) is 11.4 Å². The van der Waals surface area contributed by atoms with Gasteiger partial charge in [-0.25, -0.2) is 4.98 Å². The normalized spacial score (nSPS) is 10.5. The Balaban J connectivity index is 2.29. The summed E-state index contributed by atoms with van der Waals surface area (Å²) in [6.07, 6.45) is -0.0574. The van der Waals surface area contributed by atoms with Crippen molar-refractivity contribution in [2.75, 3.05) is 19.0 Å². The van der Waals surface area contributed by atoms with Crippen molar-refractivity contribution in [1.82, 2.24) is 9.97 Å². The number of nitrogens with one attached hydrogen (secondary N) is 1. The lowest BCUT2D eigenvalue weighted by Crippen LogP contribution is -2.07. The van der Waals surface area contributed by atoms with Gasteiger partial charge in [0.25, 0.3) is 0 Å². The largest absolute Gasteiger partial charge is 0.481 e. The highest BCUT2D eigenvalue weighted by molar-refractivity contribution is 5.70. The Kier molecular flexibility index (Phi) is 3.55. The Bertz CT molecular complexity index is 585. The molecule has 0 atom stereocenters. The third-order valence-electron chi connectivity index (χ3n) is 2.96. The lowest BCUT2D eigenvalue weighted by Gasteiger charge is -2.12. The van der Waals surface area contributed by atoms with Gasteiger partial charge in [0, 0.05) is 31.0 Å². The lowest BCUT2D eigenvalue weighted by atomic mass is 10.2. The van der Waals surface area contributed by atoms with Crippen LogP contribution >= 0.6 is 0 Å².